The third-order valence-electron chi connectivity index (χ3n) is 5.11. The maximum atomic E-state index is 13.3. The van der Waals surface area contributed by atoms with E-state index in [1.54, 1.807) is 42.5 Å². The van der Waals surface area contributed by atoms with Crippen LogP contribution in [0.3, 0.4) is 0 Å². The summed E-state index contributed by atoms with van der Waals surface area (Å²) in [7, 11) is -3.96. The summed E-state index contributed by atoms with van der Waals surface area (Å²) < 4.78 is 33.6. The van der Waals surface area contributed by atoms with E-state index in [0.29, 0.717) is 5.69 Å². The number of hydrogen-bond acceptors (Lipinski definition) is 6. The van der Waals surface area contributed by atoms with Gasteiger partial charge in [0.15, 0.2) is 0 Å². The molecule has 34 heavy (non-hydrogen) atoms. The van der Waals surface area contributed by atoms with Gasteiger partial charge in [0.1, 0.15) is 18.4 Å². The summed E-state index contributed by atoms with van der Waals surface area (Å²) >= 11 is 1.84. The third-order valence-corrected chi connectivity index (χ3v) is 8.11. The molecule has 1 aliphatic heterocycles. The first-order valence-electron chi connectivity index (χ1n) is 10.7. The molecule has 0 spiro atoms. The van der Waals surface area contributed by atoms with E-state index in [2.05, 4.69) is 10.5 Å². The largest absolute Gasteiger partial charge is 0.489 e. The summed E-state index contributed by atoms with van der Waals surface area (Å²) in [6.07, 6.45) is 1.73. The fourth-order valence-corrected chi connectivity index (χ4v) is 5.22. The topological polar surface area (TPSA) is 88.1 Å². The fraction of sp³-hybridized carbons (Fsp3) is 0.200. The molecule has 1 amide bonds. The number of nitrogens with zero attached hydrogens (tertiary/aromatic N) is 2. The number of hydrazone groups is 1. The van der Waals surface area contributed by atoms with Gasteiger partial charge < -0.3 is 4.74 Å². The maximum Gasteiger partial charge on any atom is 0.264 e. The molecule has 0 unspecified atom stereocenters. The molecule has 1 fully saturated rings. The number of ether oxygens (including phenoxy) is 1. The molecule has 7 nitrogen and oxygen atoms in total. The molecule has 0 atom stereocenters. The molecule has 1 saturated heterocycles. The van der Waals surface area contributed by atoms with E-state index in [-0.39, 0.29) is 11.0 Å². The molecular formula is C25H25N3O4S2. The van der Waals surface area contributed by atoms with Crippen molar-refractivity contribution in [3.63, 3.8) is 0 Å². The summed E-state index contributed by atoms with van der Waals surface area (Å²) in [5.41, 5.74) is 4.52. The van der Waals surface area contributed by atoms with Gasteiger partial charge in [0, 0.05) is 11.5 Å². The highest BCUT2D eigenvalue weighted by Crippen LogP contribution is 2.25. The Morgan fingerprint density at radius 2 is 1.82 bits per heavy atom. The Morgan fingerprint density at radius 1 is 1.09 bits per heavy atom. The van der Waals surface area contributed by atoms with E-state index >= 15 is 0 Å². The van der Waals surface area contributed by atoms with Crippen LogP contribution in [0.5, 0.6) is 5.75 Å². The lowest BCUT2D eigenvalue weighted by atomic mass is 10.2. The summed E-state index contributed by atoms with van der Waals surface area (Å²) in [4.78, 5) is 12.8. The number of aryl methyl sites for hydroxylation is 1. The number of carbonyl (C=O) groups excluding carboxylic acids is 1. The third kappa shape index (κ3) is 5.98. The zero-order valence-corrected chi connectivity index (χ0v) is 20.3. The van der Waals surface area contributed by atoms with Crippen LogP contribution in [-0.4, -0.2) is 44.7 Å². The molecule has 0 saturated carbocycles. The average Bonchev–Trinajstić information content (AvgIpc) is 2.81. The number of amides is 1. The lowest BCUT2D eigenvalue weighted by Crippen LogP contribution is -2.39. The fourth-order valence-electron chi connectivity index (χ4n) is 3.23. The normalized spacial score (nSPS) is 13.9. The second-order valence-electron chi connectivity index (χ2n) is 7.80. The average molecular weight is 496 g/mol. The lowest BCUT2D eigenvalue weighted by molar-refractivity contribution is -0.119. The van der Waals surface area contributed by atoms with E-state index in [4.69, 9.17) is 4.74 Å². The number of sulfonamides is 1. The van der Waals surface area contributed by atoms with Gasteiger partial charge in [0.2, 0.25) is 0 Å². The molecule has 0 bridgehead atoms. The standard InChI is InChI=1S/C25H25N3O4S2/c1-19-10-12-24(13-11-19)34(30,31)28(21-7-3-2-4-8-21)16-25(29)27-26-15-20-6-5-9-22(14-20)32-23-17-33-18-23/h2-15,23H,16-18H2,1H3,(H,27,29)/b26-15-. The van der Waals surface area contributed by atoms with Crippen LogP contribution >= 0.6 is 11.8 Å². The Morgan fingerprint density at radius 3 is 2.50 bits per heavy atom. The van der Waals surface area contributed by atoms with Gasteiger partial charge in [-0.3, -0.25) is 9.10 Å². The molecule has 4 rings (SSSR count). The van der Waals surface area contributed by atoms with Gasteiger partial charge in [-0.05, 0) is 48.9 Å². The Balaban J connectivity index is 1.46. The zero-order chi connectivity index (χ0) is 24.0. The number of rotatable bonds is 9. The number of nitrogens with one attached hydrogen (secondary N) is 1. The molecule has 3 aromatic carbocycles. The molecule has 1 aliphatic rings. The van der Waals surface area contributed by atoms with Crippen molar-refractivity contribution in [2.75, 3.05) is 22.4 Å². The van der Waals surface area contributed by atoms with E-state index < -0.39 is 22.5 Å². The number of benzene rings is 3. The van der Waals surface area contributed by atoms with Crippen molar-refractivity contribution in [1.29, 1.82) is 0 Å². The number of hydrogen-bond donors (Lipinski definition) is 1. The second-order valence-corrected chi connectivity index (χ2v) is 10.7. The van der Waals surface area contributed by atoms with E-state index in [9.17, 15) is 13.2 Å². The molecule has 3 aromatic rings. The minimum Gasteiger partial charge on any atom is -0.489 e. The SMILES string of the molecule is Cc1ccc(S(=O)(=O)N(CC(=O)N/N=C\c2cccc(OC3CSC3)c2)c2ccccc2)cc1. The zero-order valence-electron chi connectivity index (χ0n) is 18.6. The van der Waals surface area contributed by atoms with Crippen molar-refractivity contribution >= 4 is 39.6 Å². The van der Waals surface area contributed by atoms with Crippen molar-refractivity contribution in [1.82, 2.24) is 5.43 Å². The van der Waals surface area contributed by atoms with E-state index in [0.717, 1.165) is 32.7 Å². The van der Waals surface area contributed by atoms with Gasteiger partial charge in [-0.25, -0.2) is 13.8 Å². The summed E-state index contributed by atoms with van der Waals surface area (Å²) in [5, 5.41) is 4.00. The van der Waals surface area contributed by atoms with Gasteiger partial charge >= 0.3 is 0 Å². The van der Waals surface area contributed by atoms with Crippen LogP contribution in [0.2, 0.25) is 0 Å². The Kier molecular flexibility index (Phi) is 7.54. The van der Waals surface area contributed by atoms with Crippen LogP contribution in [0.25, 0.3) is 0 Å². The van der Waals surface area contributed by atoms with Crippen molar-refractivity contribution in [2.45, 2.75) is 17.9 Å². The van der Waals surface area contributed by atoms with Crippen LogP contribution in [-0.2, 0) is 14.8 Å². The molecule has 0 aliphatic carbocycles. The lowest BCUT2D eigenvalue weighted by Gasteiger charge is -2.25. The highest BCUT2D eigenvalue weighted by molar-refractivity contribution is 8.00. The highest BCUT2D eigenvalue weighted by atomic mass is 32.2. The summed E-state index contributed by atoms with van der Waals surface area (Å²) in [6.45, 7) is 1.46. The van der Waals surface area contributed by atoms with Crippen molar-refractivity contribution < 1.29 is 17.9 Å². The molecule has 176 valence electrons. The summed E-state index contributed by atoms with van der Waals surface area (Å²) in [5.74, 6) is 2.16. The summed E-state index contributed by atoms with van der Waals surface area (Å²) in [6, 6.07) is 22.5. The minimum atomic E-state index is -3.96. The number of para-hydroxylation sites is 1. The van der Waals surface area contributed by atoms with Crippen molar-refractivity contribution in [2.24, 2.45) is 5.10 Å². The van der Waals surface area contributed by atoms with Crippen LogP contribution < -0.4 is 14.5 Å². The smallest absolute Gasteiger partial charge is 0.264 e. The van der Waals surface area contributed by atoms with Crippen LogP contribution in [0.15, 0.2) is 88.9 Å². The molecule has 9 heteroatoms. The maximum absolute atomic E-state index is 13.3. The first-order chi connectivity index (χ1) is 16.4. The highest BCUT2D eigenvalue weighted by Gasteiger charge is 2.27. The number of anilines is 1. The van der Waals surface area contributed by atoms with Crippen molar-refractivity contribution in [3.8, 4) is 5.75 Å². The molecule has 0 aromatic heterocycles. The predicted molar refractivity (Wildman–Crippen MR) is 136 cm³/mol. The quantitative estimate of drug-likeness (QED) is 0.360. The molecular weight excluding hydrogens is 470 g/mol. The van der Waals surface area contributed by atoms with Crippen LogP contribution in [0.1, 0.15) is 11.1 Å². The van der Waals surface area contributed by atoms with Crippen molar-refractivity contribution in [3.05, 3.63) is 90.0 Å². The van der Waals surface area contributed by atoms with Crippen LogP contribution in [0.4, 0.5) is 5.69 Å². The van der Waals surface area contributed by atoms with Gasteiger partial charge in [-0.1, -0.05) is 48.0 Å². The van der Waals surface area contributed by atoms with Crippen LogP contribution in [0, 0.1) is 6.92 Å². The predicted octanol–water partition coefficient (Wildman–Crippen LogP) is 3.83. The molecule has 1 N–H and O–H groups in total. The molecule has 1 heterocycles. The van der Waals surface area contributed by atoms with E-state index in [1.807, 2.05) is 43.0 Å². The van der Waals surface area contributed by atoms with Gasteiger partial charge in [0.05, 0.1) is 16.8 Å². The van der Waals surface area contributed by atoms with E-state index in [1.165, 1.54) is 18.3 Å². The Hall–Kier alpha value is -3.30. The first kappa shape index (κ1) is 23.8. The Labute approximate surface area is 203 Å². The monoisotopic (exact) mass is 495 g/mol. The molecule has 0 radical (unpaired) electrons. The van der Waals surface area contributed by atoms with Gasteiger partial charge in [0.25, 0.3) is 15.9 Å². The van der Waals surface area contributed by atoms with Gasteiger partial charge in [-0.15, -0.1) is 0 Å². The van der Waals surface area contributed by atoms with Gasteiger partial charge in [-0.2, -0.15) is 16.9 Å². The minimum absolute atomic E-state index is 0.111. The second kappa shape index (κ2) is 10.8. The Bertz CT molecular complexity index is 1260. The number of thioether (sulfide) groups is 1. The first-order valence-corrected chi connectivity index (χ1v) is 13.3. The number of carbonyl (C=O) groups is 1.